The second-order valence-electron chi connectivity index (χ2n) is 6.76. The van der Waals surface area contributed by atoms with Gasteiger partial charge in [-0.2, -0.15) is 4.80 Å². The molecule has 0 bridgehead atoms. The first-order valence-corrected chi connectivity index (χ1v) is 10.1. The van der Waals surface area contributed by atoms with Gasteiger partial charge in [-0.25, -0.2) is 0 Å². The first-order chi connectivity index (χ1) is 14.9. The van der Waals surface area contributed by atoms with Crippen molar-refractivity contribution >= 4 is 45.8 Å². The third-order valence-corrected chi connectivity index (χ3v) is 5.25. The summed E-state index contributed by atoms with van der Waals surface area (Å²) in [5.41, 5.74) is 3.47. The van der Waals surface area contributed by atoms with Crippen LogP contribution < -0.4 is 14.8 Å². The topological polar surface area (TPSA) is 78.3 Å². The molecular formula is C22H18Cl2N4O3. The Morgan fingerprint density at radius 3 is 2.55 bits per heavy atom. The Morgan fingerprint density at radius 2 is 1.81 bits per heavy atom. The van der Waals surface area contributed by atoms with Crippen LogP contribution in [0.1, 0.15) is 5.56 Å². The molecule has 0 radical (unpaired) electrons. The Hall–Kier alpha value is -3.29. The van der Waals surface area contributed by atoms with E-state index in [1.165, 1.54) is 4.80 Å². The van der Waals surface area contributed by atoms with Crippen molar-refractivity contribution in [3.05, 3.63) is 70.2 Å². The number of methoxy groups -OCH3 is 1. The average Bonchev–Trinajstić information content (AvgIpc) is 3.18. The summed E-state index contributed by atoms with van der Waals surface area (Å²) in [6.07, 6.45) is 0. The Kier molecular flexibility index (Phi) is 5.97. The van der Waals surface area contributed by atoms with Crippen LogP contribution in [0.5, 0.6) is 11.5 Å². The summed E-state index contributed by atoms with van der Waals surface area (Å²) in [6, 6.07) is 15.8. The van der Waals surface area contributed by atoms with Crippen molar-refractivity contribution < 1.29 is 14.3 Å². The molecule has 1 amide bonds. The number of aromatic nitrogens is 3. The molecule has 4 rings (SSSR count). The number of hydrogen-bond acceptors (Lipinski definition) is 5. The lowest BCUT2D eigenvalue weighted by atomic mass is 10.2. The van der Waals surface area contributed by atoms with Crippen molar-refractivity contribution in [2.45, 2.75) is 6.92 Å². The van der Waals surface area contributed by atoms with E-state index in [2.05, 4.69) is 15.5 Å². The van der Waals surface area contributed by atoms with Crippen molar-refractivity contribution in [1.82, 2.24) is 15.0 Å². The van der Waals surface area contributed by atoms with Gasteiger partial charge in [0, 0.05) is 10.7 Å². The van der Waals surface area contributed by atoms with Crippen LogP contribution in [0.2, 0.25) is 10.0 Å². The molecule has 158 valence electrons. The van der Waals surface area contributed by atoms with Gasteiger partial charge in [0.25, 0.3) is 5.91 Å². The van der Waals surface area contributed by atoms with Crippen LogP contribution in [0.25, 0.3) is 16.7 Å². The Labute approximate surface area is 188 Å². The first-order valence-electron chi connectivity index (χ1n) is 9.33. The number of carbonyl (C=O) groups is 1. The van der Waals surface area contributed by atoms with Gasteiger partial charge in [-0.1, -0.05) is 23.2 Å². The van der Waals surface area contributed by atoms with E-state index in [0.29, 0.717) is 44.0 Å². The van der Waals surface area contributed by atoms with Gasteiger partial charge in [0.15, 0.2) is 6.61 Å². The zero-order chi connectivity index (χ0) is 22.0. The van der Waals surface area contributed by atoms with E-state index in [1.807, 2.05) is 13.0 Å². The molecule has 0 saturated carbocycles. The van der Waals surface area contributed by atoms with Crippen molar-refractivity contribution in [2.75, 3.05) is 19.0 Å². The lowest BCUT2D eigenvalue weighted by molar-refractivity contribution is -0.118. The molecular weight excluding hydrogens is 439 g/mol. The molecule has 0 fully saturated rings. The summed E-state index contributed by atoms with van der Waals surface area (Å²) >= 11 is 12.2. The second-order valence-corrected chi connectivity index (χ2v) is 7.57. The van der Waals surface area contributed by atoms with Crippen LogP contribution in [0, 0.1) is 6.92 Å². The number of nitrogens with zero attached hydrogens (tertiary/aromatic N) is 3. The number of rotatable bonds is 6. The third-order valence-electron chi connectivity index (χ3n) is 4.53. The van der Waals surface area contributed by atoms with Crippen LogP contribution in [0.15, 0.2) is 54.6 Å². The SMILES string of the molecule is COc1ccc(-n2nc3ccc(NC(=O)COc4ccc(Cl)c(C)c4)cc3n2)cc1Cl. The minimum absolute atomic E-state index is 0.129. The molecule has 0 aliphatic carbocycles. The molecule has 3 aromatic carbocycles. The maximum atomic E-state index is 12.3. The molecule has 1 aromatic heterocycles. The number of benzene rings is 3. The van der Waals surface area contributed by atoms with Crippen molar-refractivity contribution in [3.8, 4) is 17.2 Å². The first kappa shape index (κ1) is 21.0. The number of ether oxygens (including phenoxy) is 2. The molecule has 1 heterocycles. The zero-order valence-electron chi connectivity index (χ0n) is 16.7. The van der Waals surface area contributed by atoms with Crippen LogP contribution in [-0.2, 0) is 4.79 Å². The molecule has 1 N–H and O–H groups in total. The minimum atomic E-state index is -0.290. The number of nitrogens with one attached hydrogen (secondary N) is 1. The fourth-order valence-corrected chi connectivity index (χ4v) is 3.31. The quantitative estimate of drug-likeness (QED) is 0.438. The van der Waals surface area contributed by atoms with Crippen LogP contribution in [-0.4, -0.2) is 34.6 Å². The van der Waals surface area contributed by atoms with E-state index in [0.717, 1.165) is 5.56 Å². The van der Waals surface area contributed by atoms with Crippen molar-refractivity contribution in [1.29, 1.82) is 0 Å². The molecule has 7 nitrogen and oxygen atoms in total. The molecule has 0 unspecified atom stereocenters. The highest BCUT2D eigenvalue weighted by Crippen LogP contribution is 2.27. The molecule has 31 heavy (non-hydrogen) atoms. The average molecular weight is 457 g/mol. The van der Waals surface area contributed by atoms with Gasteiger partial charge in [0.2, 0.25) is 0 Å². The molecule has 0 aliphatic heterocycles. The van der Waals surface area contributed by atoms with Gasteiger partial charge in [-0.3, -0.25) is 4.79 Å². The van der Waals surface area contributed by atoms with Crippen LogP contribution in [0.3, 0.4) is 0 Å². The van der Waals surface area contributed by atoms with E-state index in [1.54, 1.807) is 55.6 Å². The molecule has 4 aromatic rings. The summed E-state index contributed by atoms with van der Waals surface area (Å²) in [5, 5.41) is 12.8. The summed E-state index contributed by atoms with van der Waals surface area (Å²) in [4.78, 5) is 13.7. The van der Waals surface area contributed by atoms with Crippen molar-refractivity contribution in [2.24, 2.45) is 0 Å². The predicted molar refractivity (Wildman–Crippen MR) is 121 cm³/mol. The summed E-state index contributed by atoms with van der Waals surface area (Å²) in [5.74, 6) is 0.859. The number of carbonyl (C=O) groups excluding carboxylic acids is 1. The molecule has 0 saturated heterocycles. The second kappa shape index (κ2) is 8.83. The minimum Gasteiger partial charge on any atom is -0.495 e. The number of anilines is 1. The Bertz CT molecular complexity index is 1270. The van der Waals surface area contributed by atoms with Crippen LogP contribution in [0.4, 0.5) is 5.69 Å². The van der Waals surface area contributed by atoms with Gasteiger partial charge < -0.3 is 14.8 Å². The maximum Gasteiger partial charge on any atom is 0.262 e. The highest BCUT2D eigenvalue weighted by molar-refractivity contribution is 6.32. The Morgan fingerprint density at radius 1 is 1.00 bits per heavy atom. The fourth-order valence-electron chi connectivity index (χ4n) is 2.94. The highest BCUT2D eigenvalue weighted by atomic mass is 35.5. The smallest absolute Gasteiger partial charge is 0.262 e. The summed E-state index contributed by atoms with van der Waals surface area (Å²) in [7, 11) is 1.55. The number of amides is 1. The number of fused-ring (bicyclic) bond motifs is 1. The fraction of sp³-hybridized carbons (Fsp3) is 0.136. The normalized spacial score (nSPS) is 10.8. The lowest BCUT2D eigenvalue weighted by Gasteiger charge is -2.08. The zero-order valence-corrected chi connectivity index (χ0v) is 18.2. The van der Waals surface area contributed by atoms with Crippen LogP contribution >= 0.6 is 23.2 Å². The van der Waals surface area contributed by atoms with Gasteiger partial charge in [-0.15, -0.1) is 10.2 Å². The molecule has 0 spiro atoms. The largest absolute Gasteiger partial charge is 0.495 e. The third kappa shape index (κ3) is 4.73. The van der Waals surface area contributed by atoms with Gasteiger partial charge in [0.1, 0.15) is 22.5 Å². The molecule has 9 heteroatoms. The lowest BCUT2D eigenvalue weighted by Crippen LogP contribution is -2.20. The number of halogens is 2. The van der Waals surface area contributed by atoms with E-state index in [9.17, 15) is 4.79 Å². The number of hydrogen-bond donors (Lipinski definition) is 1. The van der Waals surface area contributed by atoms with Gasteiger partial charge in [0.05, 0.1) is 17.8 Å². The van der Waals surface area contributed by atoms with E-state index < -0.39 is 0 Å². The standard InChI is InChI=1S/C22H18Cl2N4O3/c1-13-9-16(5-6-17(13)23)31-12-22(29)25-14-3-7-19-20(10-14)27-28(26-19)15-4-8-21(30-2)18(24)11-15/h3-11H,12H2,1-2H3,(H,25,29). The Balaban J connectivity index is 1.45. The van der Waals surface area contributed by atoms with E-state index >= 15 is 0 Å². The number of aryl methyl sites for hydroxylation is 1. The monoisotopic (exact) mass is 456 g/mol. The summed E-state index contributed by atoms with van der Waals surface area (Å²) in [6.45, 7) is 1.74. The summed E-state index contributed by atoms with van der Waals surface area (Å²) < 4.78 is 10.7. The van der Waals surface area contributed by atoms with Crippen molar-refractivity contribution in [3.63, 3.8) is 0 Å². The van der Waals surface area contributed by atoms with E-state index in [-0.39, 0.29) is 12.5 Å². The molecule has 0 aliphatic rings. The van der Waals surface area contributed by atoms with E-state index in [4.69, 9.17) is 32.7 Å². The molecule has 0 atom stereocenters. The highest BCUT2D eigenvalue weighted by Gasteiger charge is 2.10. The van der Waals surface area contributed by atoms with Gasteiger partial charge >= 0.3 is 0 Å². The maximum absolute atomic E-state index is 12.3. The van der Waals surface area contributed by atoms with Gasteiger partial charge in [-0.05, 0) is 67.1 Å². The predicted octanol–water partition coefficient (Wildman–Crippen LogP) is 5.06.